The van der Waals surface area contributed by atoms with Crippen molar-refractivity contribution in [3.63, 3.8) is 0 Å². The van der Waals surface area contributed by atoms with Crippen molar-refractivity contribution in [3.05, 3.63) is 65.1 Å². The number of hydrogen-bond donors (Lipinski definition) is 1. The highest BCUT2D eigenvalue weighted by molar-refractivity contribution is 5.92. The Labute approximate surface area is 161 Å². The van der Waals surface area contributed by atoms with Crippen LogP contribution in [-0.4, -0.2) is 43.2 Å². The van der Waals surface area contributed by atoms with Crippen LogP contribution in [0.3, 0.4) is 0 Å². The van der Waals surface area contributed by atoms with E-state index in [9.17, 15) is 9.18 Å². The highest BCUT2D eigenvalue weighted by Crippen LogP contribution is 2.15. The summed E-state index contributed by atoms with van der Waals surface area (Å²) in [5, 5.41) is 3.04. The number of carbonyl (C=O) groups excluding carboxylic acids is 1. The third-order valence-corrected chi connectivity index (χ3v) is 4.62. The van der Waals surface area contributed by atoms with E-state index in [1.165, 1.54) is 23.9 Å². The highest BCUT2D eigenvalue weighted by atomic mass is 19.1. The molecule has 5 heteroatoms. The van der Waals surface area contributed by atoms with Crippen molar-refractivity contribution in [2.24, 2.45) is 0 Å². The molecule has 146 valence electrons. The number of benzene rings is 1. The van der Waals surface area contributed by atoms with Gasteiger partial charge in [-0.05, 0) is 55.7 Å². The fourth-order valence-electron chi connectivity index (χ4n) is 3.06. The third-order valence-electron chi connectivity index (χ3n) is 4.62. The summed E-state index contributed by atoms with van der Waals surface area (Å²) in [5.74, 6) is -0.508. The monoisotopic (exact) mass is 372 g/mol. The lowest BCUT2D eigenvalue weighted by molar-refractivity contribution is -0.116. The average molecular weight is 372 g/mol. The number of halogens is 1. The first-order chi connectivity index (χ1) is 13.0. The number of morpholine rings is 1. The van der Waals surface area contributed by atoms with E-state index in [4.69, 9.17) is 4.74 Å². The van der Waals surface area contributed by atoms with Crippen molar-refractivity contribution in [2.45, 2.75) is 33.2 Å². The fraction of sp³-hybridized carbons (Fsp3) is 0.409. The fourth-order valence-corrected chi connectivity index (χ4v) is 3.06. The van der Waals surface area contributed by atoms with E-state index in [0.717, 1.165) is 38.3 Å². The zero-order valence-corrected chi connectivity index (χ0v) is 16.4. The average Bonchev–Trinajstić information content (AvgIpc) is 2.69. The third kappa shape index (κ3) is 6.68. The number of hydrogen-bond acceptors (Lipinski definition) is 3. The van der Waals surface area contributed by atoms with Crippen LogP contribution in [0.25, 0.3) is 6.08 Å². The standard InChI is InChI=1S/C22H29FN2O2/c1-4-19(15-17(3)25-11-13-27-14-12-25)21(5-2)24-22(26)10-9-18-7-6-8-20(23)16-18/h4,6-10,15-16,21H,5,11-14H2,1-3H3,(H,24,26)/b10-9+,17-15+,19-4+. The van der Waals surface area contributed by atoms with Crippen molar-refractivity contribution in [1.82, 2.24) is 10.2 Å². The minimum Gasteiger partial charge on any atom is -0.378 e. The molecular weight excluding hydrogens is 343 g/mol. The predicted octanol–water partition coefficient (Wildman–Crippen LogP) is 3.92. The van der Waals surface area contributed by atoms with E-state index in [1.54, 1.807) is 18.2 Å². The Morgan fingerprint density at radius 2 is 2.11 bits per heavy atom. The van der Waals surface area contributed by atoms with E-state index in [1.807, 2.05) is 19.9 Å². The van der Waals surface area contributed by atoms with E-state index < -0.39 is 0 Å². The summed E-state index contributed by atoms with van der Waals surface area (Å²) in [6.07, 6.45) is 8.02. The Morgan fingerprint density at radius 3 is 2.74 bits per heavy atom. The SMILES string of the molecule is C/C=C(\C=C(/C)N1CCOCC1)C(CC)NC(=O)/C=C/c1cccc(F)c1. The second kappa shape index (κ2) is 10.7. The summed E-state index contributed by atoms with van der Waals surface area (Å²) < 4.78 is 18.6. The highest BCUT2D eigenvalue weighted by Gasteiger charge is 2.15. The van der Waals surface area contributed by atoms with Gasteiger partial charge >= 0.3 is 0 Å². The van der Waals surface area contributed by atoms with Gasteiger partial charge in [0.2, 0.25) is 5.91 Å². The normalized spacial score (nSPS) is 17.3. The zero-order chi connectivity index (χ0) is 19.6. The minimum absolute atomic E-state index is 0.0735. The topological polar surface area (TPSA) is 41.6 Å². The Bertz CT molecular complexity index is 719. The maximum absolute atomic E-state index is 13.2. The van der Waals surface area contributed by atoms with E-state index in [2.05, 4.69) is 23.2 Å². The number of allylic oxidation sites excluding steroid dienone is 2. The molecule has 0 bridgehead atoms. The quantitative estimate of drug-likeness (QED) is 0.583. The second-order valence-electron chi connectivity index (χ2n) is 6.53. The van der Waals surface area contributed by atoms with Gasteiger partial charge in [-0.15, -0.1) is 0 Å². The largest absolute Gasteiger partial charge is 0.378 e. The van der Waals surface area contributed by atoms with Gasteiger partial charge in [-0.1, -0.05) is 25.1 Å². The molecule has 1 N–H and O–H groups in total. The lowest BCUT2D eigenvalue weighted by Gasteiger charge is -2.30. The number of nitrogens with one attached hydrogen (secondary N) is 1. The summed E-state index contributed by atoms with van der Waals surface area (Å²) in [6.45, 7) is 9.38. The molecule has 1 aliphatic heterocycles. The van der Waals surface area contributed by atoms with Crippen molar-refractivity contribution in [2.75, 3.05) is 26.3 Å². The molecule has 4 nitrogen and oxygen atoms in total. The summed E-state index contributed by atoms with van der Waals surface area (Å²) >= 11 is 0. The molecule has 1 aromatic carbocycles. The van der Waals surface area contributed by atoms with Crippen LogP contribution in [0.1, 0.15) is 32.8 Å². The molecule has 1 heterocycles. The second-order valence-corrected chi connectivity index (χ2v) is 6.53. The van der Waals surface area contributed by atoms with Crippen molar-refractivity contribution >= 4 is 12.0 Å². The first-order valence-electron chi connectivity index (χ1n) is 9.44. The van der Waals surface area contributed by atoms with Crippen LogP contribution < -0.4 is 5.32 Å². The molecule has 0 aromatic heterocycles. The molecule has 1 saturated heterocycles. The number of rotatable bonds is 7. The molecule has 1 aliphatic rings. The van der Waals surface area contributed by atoms with E-state index >= 15 is 0 Å². The first-order valence-corrected chi connectivity index (χ1v) is 9.44. The van der Waals surface area contributed by atoms with Gasteiger partial charge < -0.3 is 15.0 Å². The van der Waals surface area contributed by atoms with Crippen LogP contribution in [0.5, 0.6) is 0 Å². The van der Waals surface area contributed by atoms with Gasteiger partial charge in [-0.2, -0.15) is 0 Å². The molecule has 1 aromatic rings. The maximum atomic E-state index is 13.2. The zero-order valence-electron chi connectivity index (χ0n) is 16.4. The van der Waals surface area contributed by atoms with E-state index in [-0.39, 0.29) is 17.8 Å². The number of carbonyl (C=O) groups is 1. The maximum Gasteiger partial charge on any atom is 0.244 e. The first kappa shape index (κ1) is 20.9. The molecule has 1 atom stereocenters. The molecule has 0 spiro atoms. The molecular formula is C22H29FN2O2. The van der Waals surface area contributed by atoms with Crippen molar-refractivity contribution in [1.29, 1.82) is 0 Å². The van der Waals surface area contributed by atoms with Crippen LogP contribution in [0.4, 0.5) is 4.39 Å². The summed E-state index contributed by atoms with van der Waals surface area (Å²) in [6, 6.07) is 6.09. The molecule has 0 aliphatic carbocycles. The number of nitrogens with zero attached hydrogens (tertiary/aromatic N) is 1. The lowest BCUT2D eigenvalue weighted by atomic mass is 10.0. The Morgan fingerprint density at radius 1 is 1.37 bits per heavy atom. The van der Waals surface area contributed by atoms with Gasteiger partial charge in [0.05, 0.1) is 19.3 Å². The molecule has 27 heavy (non-hydrogen) atoms. The van der Waals surface area contributed by atoms with Crippen LogP contribution in [-0.2, 0) is 9.53 Å². The van der Waals surface area contributed by atoms with Gasteiger partial charge in [0.1, 0.15) is 5.82 Å². The van der Waals surface area contributed by atoms with Gasteiger partial charge in [-0.3, -0.25) is 4.79 Å². The summed E-state index contributed by atoms with van der Waals surface area (Å²) in [4.78, 5) is 14.6. The number of ether oxygens (including phenoxy) is 1. The van der Waals surface area contributed by atoms with Gasteiger partial charge in [0, 0.05) is 24.9 Å². The molecule has 1 amide bonds. The molecule has 0 saturated carbocycles. The van der Waals surface area contributed by atoms with Crippen LogP contribution in [0.15, 0.2) is 53.8 Å². The van der Waals surface area contributed by atoms with Crippen LogP contribution in [0.2, 0.25) is 0 Å². The van der Waals surface area contributed by atoms with Crippen molar-refractivity contribution < 1.29 is 13.9 Å². The Balaban J connectivity index is 2.01. The predicted molar refractivity (Wildman–Crippen MR) is 108 cm³/mol. The Hall–Kier alpha value is -2.40. The van der Waals surface area contributed by atoms with Gasteiger partial charge in [-0.25, -0.2) is 4.39 Å². The minimum atomic E-state index is -0.316. The van der Waals surface area contributed by atoms with Crippen LogP contribution >= 0.6 is 0 Å². The lowest BCUT2D eigenvalue weighted by Crippen LogP contribution is -2.36. The van der Waals surface area contributed by atoms with Crippen LogP contribution in [0, 0.1) is 5.82 Å². The van der Waals surface area contributed by atoms with Gasteiger partial charge in [0.25, 0.3) is 0 Å². The smallest absolute Gasteiger partial charge is 0.244 e. The molecule has 2 rings (SSSR count). The molecule has 0 radical (unpaired) electrons. The summed E-state index contributed by atoms with van der Waals surface area (Å²) in [7, 11) is 0. The molecule has 1 unspecified atom stereocenters. The summed E-state index contributed by atoms with van der Waals surface area (Å²) in [5.41, 5.74) is 2.91. The molecule has 1 fully saturated rings. The Kier molecular flexibility index (Phi) is 8.27. The van der Waals surface area contributed by atoms with Gasteiger partial charge in [0.15, 0.2) is 0 Å². The van der Waals surface area contributed by atoms with Crippen molar-refractivity contribution in [3.8, 4) is 0 Å². The number of amides is 1. The van der Waals surface area contributed by atoms with E-state index in [0.29, 0.717) is 5.56 Å².